The van der Waals surface area contributed by atoms with Crippen LogP contribution in [-0.2, 0) is 0 Å². The molecule has 5 heteroatoms. The van der Waals surface area contributed by atoms with E-state index >= 15 is 0 Å². The van der Waals surface area contributed by atoms with Crippen LogP contribution >= 0.6 is 11.8 Å². The smallest absolute Gasteiger partial charge is 0.289 e. The lowest BCUT2D eigenvalue weighted by Crippen LogP contribution is -2.18. The fourth-order valence-electron chi connectivity index (χ4n) is 2.36. The Labute approximate surface area is 151 Å². The molecule has 1 heterocycles. The molecule has 0 spiro atoms. The second-order valence-electron chi connectivity index (χ2n) is 5.48. The van der Waals surface area contributed by atoms with Gasteiger partial charge in [0.2, 0.25) is 0 Å². The number of allylic oxidation sites excluding steroid dienone is 2. The summed E-state index contributed by atoms with van der Waals surface area (Å²) >= 11 is 1.15. The van der Waals surface area contributed by atoms with E-state index in [-0.39, 0.29) is 5.24 Å². The van der Waals surface area contributed by atoms with Crippen molar-refractivity contribution in [1.82, 2.24) is 5.32 Å². The van der Waals surface area contributed by atoms with Crippen molar-refractivity contribution in [3.8, 4) is 5.75 Å². The minimum absolute atomic E-state index is 0.119. The molecule has 2 aromatic rings. The number of methoxy groups -OCH3 is 1. The summed E-state index contributed by atoms with van der Waals surface area (Å²) in [5, 5.41) is 2.68. The monoisotopic (exact) mass is 350 g/mol. The van der Waals surface area contributed by atoms with Gasteiger partial charge in [0.15, 0.2) is 0 Å². The van der Waals surface area contributed by atoms with Crippen molar-refractivity contribution in [2.75, 3.05) is 7.11 Å². The van der Waals surface area contributed by atoms with E-state index in [0.29, 0.717) is 5.84 Å². The maximum atomic E-state index is 11.8. The normalized spacial score (nSPS) is 17.8. The van der Waals surface area contributed by atoms with Gasteiger partial charge < -0.3 is 10.1 Å². The summed E-state index contributed by atoms with van der Waals surface area (Å²) < 4.78 is 5.15. The number of nitrogens with zero attached hydrogens (tertiary/aromatic N) is 1. The largest absolute Gasteiger partial charge is 0.497 e. The van der Waals surface area contributed by atoms with Crippen LogP contribution in [0.5, 0.6) is 5.75 Å². The van der Waals surface area contributed by atoms with Crippen molar-refractivity contribution >= 4 is 34.6 Å². The lowest BCUT2D eigenvalue weighted by atomic mass is 10.1. The van der Waals surface area contributed by atoms with Crippen LogP contribution in [0.4, 0.5) is 10.5 Å². The predicted octanol–water partition coefficient (Wildman–Crippen LogP) is 5.17. The molecule has 2 aromatic carbocycles. The Hall–Kier alpha value is -2.79. The summed E-state index contributed by atoms with van der Waals surface area (Å²) in [7, 11) is 1.62. The Morgan fingerprint density at radius 3 is 2.52 bits per heavy atom. The summed E-state index contributed by atoms with van der Waals surface area (Å²) in [6.07, 6.45) is 4.04. The van der Waals surface area contributed by atoms with Crippen molar-refractivity contribution in [2.24, 2.45) is 4.99 Å². The second-order valence-corrected chi connectivity index (χ2v) is 6.50. The first-order valence-corrected chi connectivity index (χ1v) is 8.63. The van der Waals surface area contributed by atoms with Gasteiger partial charge in [0.05, 0.1) is 17.7 Å². The molecule has 1 aliphatic heterocycles. The highest BCUT2D eigenvalue weighted by molar-refractivity contribution is 8.18. The second kappa shape index (κ2) is 7.85. The maximum absolute atomic E-state index is 11.8. The average Bonchev–Trinajstić information content (AvgIpc) is 2.95. The molecular weight excluding hydrogens is 332 g/mol. The molecule has 0 saturated carbocycles. The van der Waals surface area contributed by atoms with Gasteiger partial charge >= 0.3 is 0 Å². The lowest BCUT2D eigenvalue weighted by molar-refractivity contribution is 0.265. The van der Waals surface area contributed by atoms with Gasteiger partial charge in [-0.25, -0.2) is 4.99 Å². The van der Waals surface area contributed by atoms with Crippen LogP contribution < -0.4 is 10.1 Å². The zero-order valence-electron chi connectivity index (χ0n) is 14.0. The molecule has 1 saturated heterocycles. The first-order valence-electron chi connectivity index (χ1n) is 7.81. The molecular formula is C20H18N2O2S. The van der Waals surface area contributed by atoms with E-state index in [1.807, 2.05) is 67.6 Å². The van der Waals surface area contributed by atoms with E-state index in [1.165, 1.54) is 0 Å². The number of aliphatic imine (C=N–C) groups is 1. The molecule has 0 aromatic heterocycles. The summed E-state index contributed by atoms with van der Waals surface area (Å²) in [5.74, 6) is 1.34. The lowest BCUT2D eigenvalue weighted by Gasteiger charge is -2.02. The van der Waals surface area contributed by atoms with E-state index in [9.17, 15) is 4.79 Å². The van der Waals surface area contributed by atoms with Crippen LogP contribution in [0.15, 0.2) is 76.1 Å². The summed E-state index contributed by atoms with van der Waals surface area (Å²) in [6.45, 7) is 2.01. The maximum Gasteiger partial charge on any atom is 0.289 e. The van der Waals surface area contributed by atoms with E-state index < -0.39 is 0 Å². The Bertz CT molecular complexity index is 853. The molecule has 0 bridgehead atoms. The molecule has 0 radical (unpaired) electrons. The van der Waals surface area contributed by atoms with Gasteiger partial charge in [0.1, 0.15) is 11.6 Å². The molecule has 3 rings (SSSR count). The van der Waals surface area contributed by atoms with Gasteiger partial charge in [-0.15, -0.1) is 0 Å². The van der Waals surface area contributed by atoms with Crippen LogP contribution in [0.3, 0.4) is 0 Å². The van der Waals surface area contributed by atoms with E-state index in [0.717, 1.165) is 39.2 Å². The van der Waals surface area contributed by atoms with Crippen molar-refractivity contribution in [2.45, 2.75) is 6.92 Å². The molecule has 1 aliphatic rings. The van der Waals surface area contributed by atoms with Crippen LogP contribution in [0.1, 0.15) is 12.5 Å². The number of amidine groups is 1. The fourth-order valence-corrected chi connectivity index (χ4v) is 3.14. The van der Waals surface area contributed by atoms with Crippen LogP contribution in [0.2, 0.25) is 0 Å². The van der Waals surface area contributed by atoms with Crippen LogP contribution in [-0.4, -0.2) is 18.2 Å². The number of carbonyl (C=O) groups is 1. The number of thioether (sulfide) groups is 1. The minimum Gasteiger partial charge on any atom is -0.497 e. The molecule has 4 nitrogen and oxygen atoms in total. The van der Waals surface area contributed by atoms with Crippen LogP contribution in [0, 0.1) is 0 Å². The number of hydrogen-bond donors (Lipinski definition) is 1. The summed E-state index contributed by atoms with van der Waals surface area (Å²) in [4.78, 5) is 17.1. The number of amides is 1. The molecule has 0 atom stereocenters. The Balaban J connectivity index is 1.86. The fraction of sp³-hybridized carbons (Fsp3) is 0.100. The van der Waals surface area contributed by atoms with Crippen molar-refractivity contribution in [3.63, 3.8) is 0 Å². The van der Waals surface area contributed by atoms with E-state index in [2.05, 4.69) is 16.4 Å². The highest BCUT2D eigenvalue weighted by atomic mass is 32.2. The molecule has 0 aliphatic carbocycles. The summed E-state index contributed by atoms with van der Waals surface area (Å²) in [6, 6.07) is 17.5. The zero-order valence-corrected chi connectivity index (χ0v) is 14.8. The third-order valence-corrected chi connectivity index (χ3v) is 4.34. The number of nitrogens with one attached hydrogen (secondary N) is 1. The molecule has 126 valence electrons. The van der Waals surface area contributed by atoms with E-state index in [4.69, 9.17) is 4.74 Å². The van der Waals surface area contributed by atoms with Gasteiger partial charge in [-0.1, -0.05) is 36.4 Å². The van der Waals surface area contributed by atoms with Gasteiger partial charge in [-0.2, -0.15) is 0 Å². The Kier molecular flexibility index (Phi) is 5.36. The number of benzene rings is 2. The average molecular weight is 350 g/mol. The number of ether oxygens (including phenoxy) is 1. The predicted molar refractivity (Wildman–Crippen MR) is 104 cm³/mol. The molecule has 1 fully saturated rings. The van der Waals surface area contributed by atoms with Crippen molar-refractivity contribution in [1.29, 1.82) is 0 Å². The van der Waals surface area contributed by atoms with Crippen molar-refractivity contribution in [3.05, 3.63) is 76.7 Å². The molecule has 25 heavy (non-hydrogen) atoms. The minimum atomic E-state index is -0.119. The molecule has 1 N–H and O–H groups in total. The van der Waals surface area contributed by atoms with Crippen LogP contribution in [0.25, 0.3) is 6.08 Å². The quantitative estimate of drug-likeness (QED) is 0.828. The number of hydrogen-bond acceptors (Lipinski definition) is 4. The molecule has 1 amide bonds. The third kappa shape index (κ3) is 4.61. The third-order valence-electron chi connectivity index (χ3n) is 3.52. The first-order chi connectivity index (χ1) is 12.1. The highest BCUT2D eigenvalue weighted by Crippen LogP contribution is 2.28. The van der Waals surface area contributed by atoms with E-state index in [1.54, 1.807) is 7.11 Å². The van der Waals surface area contributed by atoms with Gasteiger partial charge in [0.25, 0.3) is 5.24 Å². The van der Waals surface area contributed by atoms with Gasteiger partial charge in [-0.3, -0.25) is 4.79 Å². The topological polar surface area (TPSA) is 50.7 Å². The first kappa shape index (κ1) is 17.0. The Morgan fingerprint density at radius 1 is 1.12 bits per heavy atom. The SMILES string of the molecule is COc1ccc(N=C2NC(=O)S/C2=C\C(C)=C/c2ccccc2)cc1. The standard InChI is InChI=1S/C20H18N2O2S/c1-14(12-15-6-4-3-5-7-15)13-18-19(22-20(23)25-18)21-16-8-10-17(24-2)11-9-16/h3-13H,1-2H3,(H,21,22,23)/b14-12-,18-13-. The number of carbonyl (C=O) groups excluding carboxylic acids is 1. The van der Waals surface area contributed by atoms with Gasteiger partial charge in [0, 0.05) is 0 Å². The number of rotatable bonds is 4. The summed E-state index contributed by atoms with van der Waals surface area (Å²) in [5.41, 5.74) is 2.93. The molecule has 0 unspecified atom stereocenters. The van der Waals surface area contributed by atoms with Crippen molar-refractivity contribution < 1.29 is 9.53 Å². The Morgan fingerprint density at radius 2 is 1.84 bits per heavy atom. The highest BCUT2D eigenvalue weighted by Gasteiger charge is 2.23. The van der Waals surface area contributed by atoms with Gasteiger partial charge in [-0.05, 0) is 60.2 Å². The zero-order chi connectivity index (χ0) is 17.6.